The number of hydrogen-bond donors (Lipinski definition) is 2. The van der Waals surface area contributed by atoms with Crippen molar-refractivity contribution in [3.63, 3.8) is 0 Å². The van der Waals surface area contributed by atoms with Crippen LogP contribution in [0.5, 0.6) is 0 Å². The first-order valence-electron chi connectivity index (χ1n) is 7.64. The Hall–Kier alpha value is -1.06. The van der Waals surface area contributed by atoms with E-state index in [9.17, 15) is 4.79 Å². The van der Waals surface area contributed by atoms with E-state index in [2.05, 4.69) is 50.4 Å². The van der Waals surface area contributed by atoms with Crippen LogP contribution in [0.4, 0.5) is 0 Å². The van der Waals surface area contributed by atoms with Crippen LogP contribution in [0.15, 0.2) is 24.3 Å². The summed E-state index contributed by atoms with van der Waals surface area (Å²) in [6, 6.07) is 8.13. The summed E-state index contributed by atoms with van der Waals surface area (Å²) in [4.78, 5) is 11.9. The van der Waals surface area contributed by atoms with Crippen molar-refractivity contribution in [3.05, 3.63) is 35.4 Å². The molecule has 0 aliphatic rings. The van der Waals surface area contributed by atoms with Crippen molar-refractivity contribution in [3.8, 4) is 0 Å². The van der Waals surface area contributed by atoms with Crippen LogP contribution < -0.4 is 11.1 Å². The lowest BCUT2D eigenvalue weighted by atomic mass is 9.86. The molecule has 0 spiro atoms. The number of benzene rings is 1. The van der Waals surface area contributed by atoms with Gasteiger partial charge in [0.1, 0.15) is 0 Å². The molecule has 0 saturated heterocycles. The molecular weight excluding hydrogens is 296 g/mol. The Morgan fingerprint density at radius 3 is 2.00 bits per heavy atom. The molecule has 1 aromatic carbocycles. The first kappa shape index (κ1) is 20.9. The predicted molar refractivity (Wildman–Crippen MR) is 96.5 cm³/mol. The first-order chi connectivity index (χ1) is 9.51. The Morgan fingerprint density at radius 1 is 1.09 bits per heavy atom. The summed E-state index contributed by atoms with van der Waals surface area (Å²) in [5.41, 5.74) is 8.45. The average molecular weight is 327 g/mol. The third kappa shape index (κ3) is 6.37. The van der Waals surface area contributed by atoms with Gasteiger partial charge in [-0.05, 0) is 28.4 Å². The van der Waals surface area contributed by atoms with Crippen molar-refractivity contribution in [2.75, 3.05) is 6.54 Å². The summed E-state index contributed by atoms with van der Waals surface area (Å²) in [5.74, 6) is -0.0752. The third-order valence-corrected chi connectivity index (χ3v) is 3.75. The van der Waals surface area contributed by atoms with E-state index in [1.807, 2.05) is 20.8 Å². The van der Waals surface area contributed by atoms with Gasteiger partial charge in [0.05, 0.1) is 6.04 Å². The van der Waals surface area contributed by atoms with Gasteiger partial charge in [-0.3, -0.25) is 4.79 Å². The number of nitrogens with one attached hydrogen (secondary N) is 1. The van der Waals surface area contributed by atoms with E-state index in [4.69, 9.17) is 5.73 Å². The van der Waals surface area contributed by atoms with E-state index in [-0.39, 0.29) is 29.1 Å². The van der Waals surface area contributed by atoms with E-state index in [1.165, 1.54) is 11.1 Å². The predicted octanol–water partition coefficient (Wildman–Crippen LogP) is 3.44. The smallest absolute Gasteiger partial charge is 0.237 e. The van der Waals surface area contributed by atoms with Crippen LogP contribution in [0.1, 0.15) is 52.7 Å². The van der Waals surface area contributed by atoms with E-state index in [1.54, 1.807) is 0 Å². The van der Waals surface area contributed by atoms with Crippen LogP contribution in [0.2, 0.25) is 0 Å². The van der Waals surface area contributed by atoms with Gasteiger partial charge in [-0.2, -0.15) is 0 Å². The van der Waals surface area contributed by atoms with Gasteiger partial charge in [-0.15, -0.1) is 12.4 Å². The maximum absolute atomic E-state index is 11.9. The minimum Gasteiger partial charge on any atom is -0.354 e. The van der Waals surface area contributed by atoms with Gasteiger partial charge in [0.25, 0.3) is 0 Å². The molecule has 3 nitrogen and oxygen atoms in total. The fraction of sp³-hybridized carbons (Fsp3) is 0.611. The molecule has 0 bridgehead atoms. The number of rotatable bonds is 4. The standard InChI is InChI=1S/C18H30N2O.ClH/c1-17(2,3)14-9-7-13(8-10-14)11-12-20-16(21)15(19)18(4,5)6;/h7-10,15H,11-12,19H2,1-6H3,(H,20,21);1H/t15-;/m1./s1. The van der Waals surface area contributed by atoms with Crippen LogP contribution in [0.3, 0.4) is 0 Å². The Bertz CT molecular complexity index is 469. The molecule has 3 N–H and O–H groups in total. The Morgan fingerprint density at radius 2 is 1.59 bits per heavy atom. The van der Waals surface area contributed by atoms with Gasteiger partial charge >= 0.3 is 0 Å². The Labute approximate surface area is 141 Å². The number of carbonyl (C=O) groups excluding carboxylic acids is 1. The Kier molecular flexibility index (Phi) is 7.60. The molecule has 4 heteroatoms. The zero-order valence-electron chi connectivity index (χ0n) is 14.7. The number of halogens is 1. The zero-order chi connectivity index (χ0) is 16.3. The van der Waals surface area contributed by atoms with Crippen molar-refractivity contribution in [1.82, 2.24) is 5.32 Å². The average Bonchev–Trinajstić information content (AvgIpc) is 2.36. The molecule has 0 aromatic heterocycles. The highest BCUT2D eigenvalue weighted by molar-refractivity contribution is 5.85. The molecule has 0 aliphatic heterocycles. The van der Waals surface area contributed by atoms with Crippen LogP contribution in [0, 0.1) is 5.41 Å². The Balaban J connectivity index is 0.00000441. The number of carbonyl (C=O) groups is 1. The lowest BCUT2D eigenvalue weighted by Gasteiger charge is -2.25. The van der Waals surface area contributed by atoms with Gasteiger partial charge in [0.15, 0.2) is 0 Å². The summed E-state index contributed by atoms with van der Waals surface area (Å²) in [6.07, 6.45) is 0.826. The molecule has 0 saturated carbocycles. The second-order valence-electron chi connectivity index (χ2n) is 7.83. The van der Waals surface area contributed by atoms with E-state index in [0.717, 1.165) is 6.42 Å². The summed E-state index contributed by atoms with van der Waals surface area (Å²) < 4.78 is 0. The van der Waals surface area contributed by atoms with Gasteiger partial charge < -0.3 is 11.1 Å². The SMILES string of the molecule is CC(C)(C)c1ccc(CCNC(=O)[C@@H](N)C(C)(C)C)cc1.Cl. The molecule has 0 unspecified atom stereocenters. The molecule has 0 aliphatic carbocycles. The minimum atomic E-state index is -0.472. The minimum absolute atomic E-state index is 0. The highest BCUT2D eigenvalue weighted by atomic mass is 35.5. The monoisotopic (exact) mass is 326 g/mol. The molecule has 1 rings (SSSR count). The lowest BCUT2D eigenvalue weighted by Crippen LogP contribution is -2.48. The number of hydrogen-bond acceptors (Lipinski definition) is 2. The molecule has 0 heterocycles. The van der Waals surface area contributed by atoms with Crippen molar-refractivity contribution >= 4 is 18.3 Å². The largest absolute Gasteiger partial charge is 0.354 e. The van der Waals surface area contributed by atoms with Crippen LogP contribution in [-0.4, -0.2) is 18.5 Å². The highest BCUT2D eigenvalue weighted by Crippen LogP contribution is 2.22. The van der Waals surface area contributed by atoms with Gasteiger partial charge in [-0.25, -0.2) is 0 Å². The zero-order valence-corrected chi connectivity index (χ0v) is 15.5. The fourth-order valence-electron chi connectivity index (χ4n) is 2.00. The lowest BCUT2D eigenvalue weighted by molar-refractivity contribution is -0.124. The fourth-order valence-corrected chi connectivity index (χ4v) is 2.00. The third-order valence-electron chi connectivity index (χ3n) is 3.75. The highest BCUT2D eigenvalue weighted by Gasteiger charge is 2.26. The van der Waals surface area contributed by atoms with E-state index < -0.39 is 6.04 Å². The maximum Gasteiger partial charge on any atom is 0.237 e. The van der Waals surface area contributed by atoms with Crippen molar-refractivity contribution in [2.45, 2.75) is 59.4 Å². The molecule has 126 valence electrons. The second-order valence-corrected chi connectivity index (χ2v) is 7.83. The molecule has 1 aromatic rings. The molecule has 0 fully saturated rings. The van der Waals surface area contributed by atoms with Crippen LogP contribution in [0.25, 0.3) is 0 Å². The summed E-state index contributed by atoms with van der Waals surface area (Å²) in [5, 5.41) is 2.92. The molecule has 1 amide bonds. The van der Waals surface area contributed by atoms with E-state index in [0.29, 0.717) is 6.54 Å². The molecule has 0 radical (unpaired) electrons. The van der Waals surface area contributed by atoms with Crippen LogP contribution in [-0.2, 0) is 16.6 Å². The van der Waals surface area contributed by atoms with Crippen molar-refractivity contribution in [1.29, 1.82) is 0 Å². The quantitative estimate of drug-likeness (QED) is 0.890. The topological polar surface area (TPSA) is 55.1 Å². The van der Waals surface area contributed by atoms with Gasteiger partial charge in [-0.1, -0.05) is 65.8 Å². The first-order valence-corrected chi connectivity index (χ1v) is 7.64. The number of nitrogens with two attached hydrogens (primary N) is 1. The summed E-state index contributed by atoms with van der Waals surface area (Å²) in [7, 11) is 0. The molecule has 22 heavy (non-hydrogen) atoms. The molecule has 1 atom stereocenters. The maximum atomic E-state index is 11.9. The van der Waals surface area contributed by atoms with E-state index >= 15 is 0 Å². The summed E-state index contributed by atoms with van der Waals surface area (Å²) >= 11 is 0. The normalized spacial score (nSPS) is 13.2. The molecular formula is C18H31ClN2O. The number of amides is 1. The van der Waals surface area contributed by atoms with Crippen molar-refractivity contribution in [2.24, 2.45) is 11.1 Å². The van der Waals surface area contributed by atoms with Crippen LogP contribution >= 0.6 is 12.4 Å². The van der Waals surface area contributed by atoms with Gasteiger partial charge in [0, 0.05) is 6.54 Å². The second kappa shape index (κ2) is 7.98. The van der Waals surface area contributed by atoms with Gasteiger partial charge in [0.2, 0.25) is 5.91 Å². The van der Waals surface area contributed by atoms with Crippen molar-refractivity contribution < 1.29 is 4.79 Å². The summed E-state index contributed by atoms with van der Waals surface area (Å²) in [6.45, 7) is 13.2.